The highest BCUT2D eigenvalue weighted by Crippen LogP contribution is 2.27. The van der Waals surface area contributed by atoms with Crippen LogP contribution in [0.3, 0.4) is 0 Å². The zero-order chi connectivity index (χ0) is 18.0. The number of aryl methyl sites for hydroxylation is 1. The van der Waals surface area contributed by atoms with Gasteiger partial charge in [0.15, 0.2) is 0 Å². The van der Waals surface area contributed by atoms with Crippen molar-refractivity contribution >= 4 is 33.5 Å². The molecule has 0 N–H and O–H groups in total. The van der Waals surface area contributed by atoms with Gasteiger partial charge in [-0.25, -0.2) is 9.78 Å². The minimum atomic E-state index is -0.463. The van der Waals surface area contributed by atoms with Crippen LogP contribution in [0.2, 0.25) is 0 Å². The second-order valence-electron chi connectivity index (χ2n) is 6.03. The minimum Gasteiger partial charge on any atom is -0.462 e. The van der Waals surface area contributed by atoms with Gasteiger partial charge in [0.1, 0.15) is 22.4 Å². The second kappa shape index (κ2) is 7.35. The van der Waals surface area contributed by atoms with E-state index < -0.39 is 11.9 Å². The van der Waals surface area contributed by atoms with E-state index in [1.807, 2.05) is 0 Å². The number of esters is 2. The van der Waals surface area contributed by atoms with Crippen molar-refractivity contribution in [2.24, 2.45) is 0 Å². The van der Waals surface area contributed by atoms with Crippen LogP contribution >= 0.6 is 11.3 Å². The normalized spacial score (nSPS) is 14.8. The standard InChI is InChI=1S/C17H20N2O5S/c1-3-23-17(22)14-10(2)13-15(25-14)18-9-19(16(13)21)8-12(20)24-11-6-4-5-7-11/h9,11H,3-8H2,1-2H3. The fourth-order valence-electron chi connectivity index (χ4n) is 3.03. The number of fused-ring (bicyclic) bond motifs is 1. The van der Waals surface area contributed by atoms with Crippen LogP contribution in [0.25, 0.3) is 10.2 Å². The smallest absolute Gasteiger partial charge is 0.348 e. The third-order valence-electron chi connectivity index (χ3n) is 4.28. The summed E-state index contributed by atoms with van der Waals surface area (Å²) in [4.78, 5) is 41.8. The van der Waals surface area contributed by atoms with Gasteiger partial charge in [0.25, 0.3) is 5.56 Å². The number of carbonyl (C=O) groups excluding carboxylic acids is 2. The summed E-state index contributed by atoms with van der Waals surface area (Å²) in [5, 5.41) is 0.351. The Labute approximate surface area is 148 Å². The highest BCUT2D eigenvalue weighted by Gasteiger charge is 2.22. The number of hydrogen-bond donors (Lipinski definition) is 0. The van der Waals surface area contributed by atoms with Crippen molar-refractivity contribution in [3.8, 4) is 0 Å². The predicted octanol–water partition coefficient (Wildman–Crippen LogP) is 2.43. The molecule has 0 saturated heterocycles. The summed E-state index contributed by atoms with van der Waals surface area (Å²) in [7, 11) is 0. The monoisotopic (exact) mass is 364 g/mol. The van der Waals surface area contributed by atoms with Crippen molar-refractivity contribution in [3.63, 3.8) is 0 Å². The van der Waals surface area contributed by atoms with Gasteiger partial charge >= 0.3 is 11.9 Å². The first-order chi connectivity index (χ1) is 12.0. The first kappa shape index (κ1) is 17.6. The first-order valence-corrected chi connectivity index (χ1v) is 9.18. The molecular formula is C17H20N2O5S. The van der Waals surface area contributed by atoms with Crippen LogP contribution < -0.4 is 5.56 Å². The molecule has 0 unspecified atom stereocenters. The summed E-state index contributed by atoms with van der Waals surface area (Å²) < 4.78 is 11.6. The lowest BCUT2D eigenvalue weighted by Gasteiger charge is -2.12. The molecule has 2 aromatic heterocycles. The van der Waals surface area contributed by atoms with E-state index in [0.29, 0.717) is 20.7 Å². The molecule has 1 aliphatic carbocycles. The molecule has 0 aliphatic heterocycles. The van der Waals surface area contributed by atoms with E-state index in [-0.39, 0.29) is 24.8 Å². The van der Waals surface area contributed by atoms with Crippen molar-refractivity contribution in [1.82, 2.24) is 9.55 Å². The van der Waals surface area contributed by atoms with Gasteiger partial charge in [0.2, 0.25) is 0 Å². The molecule has 134 valence electrons. The van der Waals surface area contributed by atoms with Gasteiger partial charge in [0, 0.05) is 0 Å². The summed E-state index contributed by atoms with van der Waals surface area (Å²) >= 11 is 1.12. The Morgan fingerprint density at radius 2 is 2.08 bits per heavy atom. The first-order valence-electron chi connectivity index (χ1n) is 8.36. The lowest BCUT2D eigenvalue weighted by molar-refractivity contribution is -0.149. The molecule has 0 radical (unpaired) electrons. The highest BCUT2D eigenvalue weighted by molar-refractivity contribution is 7.20. The molecule has 3 rings (SSSR count). The van der Waals surface area contributed by atoms with E-state index in [1.54, 1.807) is 13.8 Å². The van der Waals surface area contributed by atoms with Gasteiger partial charge < -0.3 is 9.47 Å². The average molecular weight is 364 g/mol. The van der Waals surface area contributed by atoms with Crippen molar-refractivity contribution in [1.29, 1.82) is 0 Å². The van der Waals surface area contributed by atoms with E-state index >= 15 is 0 Å². The maximum Gasteiger partial charge on any atom is 0.348 e. The lowest BCUT2D eigenvalue weighted by Crippen LogP contribution is -2.27. The molecular weight excluding hydrogens is 344 g/mol. The van der Waals surface area contributed by atoms with E-state index in [2.05, 4.69) is 4.98 Å². The number of nitrogens with zero attached hydrogens (tertiary/aromatic N) is 2. The second-order valence-corrected chi connectivity index (χ2v) is 7.03. The largest absolute Gasteiger partial charge is 0.462 e. The molecule has 0 bridgehead atoms. The van der Waals surface area contributed by atoms with Crippen LogP contribution in [0.15, 0.2) is 11.1 Å². The van der Waals surface area contributed by atoms with E-state index in [0.717, 1.165) is 37.0 Å². The Hall–Kier alpha value is -2.22. The van der Waals surface area contributed by atoms with Crippen LogP contribution in [0, 0.1) is 6.92 Å². The zero-order valence-corrected chi connectivity index (χ0v) is 15.1. The molecule has 25 heavy (non-hydrogen) atoms. The molecule has 7 nitrogen and oxygen atoms in total. The van der Waals surface area contributed by atoms with Crippen molar-refractivity contribution in [2.75, 3.05) is 6.61 Å². The van der Waals surface area contributed by atoms with Gasteiger partial charge in [-0.15, -0.1) is 11.3 Å². The van der Waals surface area contributed by atoms with E-state index in [9.17, 15) is 14.4 Å². The molecule has 0 amide bonds. The average Bonchev–Trinajstić information content (AvgIpc) is 3.18. The number of aromatic nitrogens is 2. The SMILES string of the molecule is CCOC(=O)c1sc2ncn(CC(=O)OC3CCCC3)c(=O)c2c1C. The fraction of sp³-hybridized carbons (Fsp3) is 0.529. The number of carbonyl (C=O) groups is 2. The molecule has 1 fully saturated rings. The minimum absolute atomic E-state index is 0.0433. The van der Waals surface area contributed by atoms with Gasteiger partial charge in [-0.2, -0.15) is 0 Å². The summed E-state index contributed by atoms with van der Waals surface area (Å²) in [5.74, 6) is -0.900. The third kappa shape index (κ3) is 3.58. The van der Waals surface area contributed by atoms with Crippen LogP contribution in [0.1, 0.15) is 47.8 Å². The zero-order valence-electron chi connectivity index (χ0n) is 14.2. The number of ether oxygens (including phenoxy) is 2. The van der Waals surface area contributed by atoms with Gasteiger partial charge in [-0.05, 0) is 45.1 Å². The Balaban J connectivity index is 1.86. The van der Waals surface area contributed by atoms with Gasteiger partial charge in [-0.1, -0.05) is 0 Å². The summed E-state index contributed by atoms with van der Waals surface area (Å²) in [5.41, 5.74) is 0.187. The maximum atomic E-state index is 12.7. The fourth-order valence-corrected chi connectivity index (χ4v) is 4.06. The number of rotatable bonds is 5. The summed E-state index contributed by atoms with van der Waals surface area (Å²) in [6, 6.07) is 0. The van der Waals surface area contributed by atoms with E-state index in [1.165, 1.54) is 10.9 Å². The Morgan fingerprint density at radius 3 is 2.76 bits per heavy atom. The molecule has 1 aliphatic rings. The van der Waals surface area contributed by atoms with Crippen LogP contribution in [-0.2, 0) is 20.8 Å². The van der Waals surface area contributed by atoms with Crippen molar-refractivity contribution in [3.05, 3.63) is 27.1 Å². The molecule has 1 saturated carbocycles. The highest BCUT2D eigenvalue weighted by atomic mass is 32.1. The summed E-state index contributed by atoms with van der Waals surface area (Å²) in [6.07, 6.45) is 5.17. The third-order valence-corrected chi connectivity index (χ3v) is 5.46. The Morgan fingerprint density at radius 1 is 1.36 bits per heavy atom. The van der Waals surface area contributed by atoms with Crippen LogP contribution in [-0.4, -0.2) is 34.2 Å². The molecule has 0 atom stereocenters. The van der Waals surface area contributed by atoms with Gasteiger partial charge in [-0.3, -0.25) is 14.2 Å². The molecule has 2 heterocycles. The van der Waals surface area contributed by atoms with Crippen LogP contribution in [0.5, 0.6) is 0 Å². The predicted molar refractivity (Wildman–Crippen MR) is 92.9 cm³/mol. The van der Waals surface area contributed by atoms with Crippen molar-refractivity contribution < 1.29 is 19.1 Å². The maximum absolute atomic E-state index is 12.7. The molecule has 0 spiro atoms. The Bertz CT molecular complexity index is 864. The quantitative estimate of drug-likeness (QED) is 0.757. The lowest BCUT2D eigenvalue weighted by atomic mass is 10.2. The topological polar surface area (TPSA) is 87.5 Å². The molecule has 0 aromatic carbocycles. The van der Waals surface area contributed by atoms with E-state index in [4.69, 9.17) is 9.47 Å². The van der Waals surface area contributed by atoms with Crippen molar-refractivity contribution in [2.45, 2.75) is 52.2 Å². The Kier molecular flexibility index (Phi) is 5.17. The number of hydrogen-bond acceptors (Lipinski definition) is 7. The summed E-state index contributed by atoms with van der Waals surface area (Å²) in [6.45, 7) is 3.50. The molecule has 8 heteroatoms. The number of thiophene rings is 1. The van der Waals surface area contributed by atoms with Crippen LogP contribution in [0.4, 0.5) is 0 Å². The molecule has 2 aromatic rings. The van der Waals surface area contributed by atoms with Gasteiger partial charge in [0.05, 0.1) is 18.3 Å².